The average molecular weight is 574 g/mol. The highest BCUT2D eigenvalue weighted by Crippen LogP contribution is 2.29. The van der Waals surface area contributed by atoms with E-state index >= 15 is 0 Å². The van der Waals surface area contributed by atoms with Crippen LogP contribution in [0.4, 0.5) is 5.82 Å². The van der Waals surface area contributed by atoms with Gasteiger partial charge in [-0.15, -0.1) is 0 Å². The van der Waals surface area contributed by atoms with Crippen LogP contribution in [0.5, 0.6) is 0 Å². The molecule has 212 valence electrons. The van der Waals surface area contributed by atoms with Gasteiger partial charge in [-0.25, -0.2) is 18.4 Å². The van der Waals surface area contributed by atoms with Gasteiger partial charge in [-0.3, -0.25) is 9.78 Å². The lowest BCUT2D eigenvalue weighted by Crippen LogP contribution is -2.48. The monoisotopic (exact) mass is 573 g/mol. The molecule has 0 aliphatic carbocycles. The van der Waals surface area contributed by atoms with E-state index in [0.29, 0.717) is 11.3 Å². The number of benzene rings is 1. The Morgan fingerprint density at radius 3 is 2.68 bits per heavy atom. The van der Waals surface area contributed by atoms with Crippen LogP contribution in [0.1, 0.15) is 28.5 Å². The van der Waals surface area contributed by atoms with Gasteiger partial charge in [-0.2, -0.15) is 0 Å². The van der Waals surface area contributed by atoms with Crippen LogP contribution in [-0.4, -0.2) is 68.4 Å². The molecule has 1 aromatic carbocycles. The highest BCUT2D eigenvalue weighted by molar-refractivity contribution is 7.91. The van der Waals surface area contributed by atoms with Crippen LogP contribution in [-0.2, 0) is 32.5 Å². The molecule has 41 heavy (non-hydrogen) atoms. The first kappa shape index (κ1) is 27.3. The standard InChI is InChI=1S/C30H31N5O5S/c1-30(18-40-19-30)17-35(2)28-5-3-4-24(34-28)25-9-8-21-14-31-23(13-26(21)33-25)15-32-29(36)20-6-7-22-16-39-10-11-41(37,38)27(22)12-20/h3-9,12-14H,10-11,15-19H2,1-2H3,(H,32,36). The third-order valence-electron chi connectivity index (χ3n) is 7.39. The van der Waals surface area contributed by atoms with Gasteiger partial charge in [0.15, 0.2) is 9.84 Å². The van der Waals surface area contributed by atoms with Crippen molar-refractivity contribution >= 4 is 32.5 Å². The molecule has 2 aliphatic rings. The number of carbonyl (C=O) groups excluding carboxylic acids is 1. The molecular formula is C30H31N5O5S. The predicted molar refractivity (Wildman–Crippen MR) is 154 cm³/mol. The molecule has 3 aromatic heterocycles. The Morgan fingerprint density at radius 1 is 1.05 bits per heavy atom. The van der Waals surface area contributed by atoms with E-state index in [1.165, 1.54) is 6.07 Å². The number of ether oxygens (including phenoxy) is 2. The first-order chi connectivity index (χ1) is 19.7. The van der Waals surface area contributed by atoms with Crippen LogP contribution in [0.3, 0.4) is 0 Å². The summed E-state index contributed by atoms with van der Waals surface area (Å²) in [5.74, 6) is 0.380. The number of amides is 1. The molecule has 0 atom stereocenters. The van der Waals surface area contributed by atoms with Crippen molar-refractivity contribution in [2.75, 3.05) is 44.1 Å². The number of anilines is 1. The molecule has 6 rings (SSSR count). The van der Waals surface area contributed by atoms with Crippen molar-refractivity contribution in [1.29, 1.82) is 0 Å². The normalized spacial score (nSPS) is 17.2. The van der Waals surface area contributed by atoms with Crippen LogP contribution < -0.4 is 10.2 Å². The van der Waals surface area contributed by atoms with Gasteiger partial charge in [0.25, 0.3) is 5.91 Å². The summed E-state index contributed by atoms with van der Waals surface area (Å²) in [5, 5.41) is 3.71. The number of aromatic nitrogens is 3. The van der Waals surface area contributed by atoms with Gasteiger partial charge in [0.1, 0.15) is 5.82 Å². The van der Waals surface area contributed by atoms with Gasteiger partial charge < -0.3 is 19.7 Å². The van der Waals surface area contributed by atoms with Crippen molar-refractivity contribution in [3.8, 4) is 11.4 Å². The van der Waals surface area contributed by atoms with Gasteiger partial charge in [-0.05, 0) is 48.0 Å². The molecule has 0 radical (unpaired) electrons. The van der Waals surface area contributed by atoms with E-state index in [-0.39, 0.29) is 47.3 Å². The van der Waals surface area contributed by atoms with Crippen molar-refractivity contribution in [3.63, 3.8) is 0 Å². The van der Waals surface area contributed by atoms with Crippen LogP contribution in [0, 0.1) is 5.41 Å². The summed E-state index contributed by atoms with van der Waals surface area (Å²) in [7, 11) is -1.47. The Labute approximate surface area is 238 Å². The Bertz CT molecular complexity index is 1740. The van der Waals surface area contributed by atoms with Gasteiger partial charge in [0.2, 0.25) is 0 Å². The van der Waals surface area contributed by atoms with Crippen LogP contribution in [0.2, 0.25) is 0 Å². The first-order valence-electron chi connectivity index (χ1n) is 13.4. The second-order valence-electron chi connectivity index (χ2n) is 11.0. The summed E-state index contributed by atoms with van der Waals surface area (Å²) in [5.41, 5.74) is 3.83. The fraction of sp³-hybridized carbons (Fsp3) is 0.333. The van der Waals surface area contributed by atoms with Crippen molar-refractivity contribution in [3.05, 3.63) is 77.6 Å². The van der Waals surface area contributed by atoms with E-state index in [9.17, 15) is 13.2 Å². The number of sulfone groups is 1. The van der Waals surface area contributed by atoms with Crippen molar-refractivity contribution < 1.29 is 22.7 Å². The van der Waals surface area contributed by atoms with Crippen molar-refractivity contribution in [2.24, 2.45) is 5.41 Å². The number of pyridine rings is 3. The molecule has 1 N–H and O–H groups in total. The second kappa shape index (κ2) is 10.8. The smallest absolute Gasteiger partial charge is 0.251 e. The number of fused-ring (bicyclic) bond motifs is 2. The fourth-order valence-corrected chi connectivity index (χ4v) is 6.50. The van der Waals surface area contributed by atoms with Crippen LogP contribution in [0.25, 0.3) is 22.3 Å². The summed E-state index contributed by atoms with van der Waals surface area (Å²) in [6.07, 6.45) is 1.72. The van der Waals surface area contributed by atoms with E-state index in [1.807, 2.05) is 43.4 Å². The molecule has 0 bridgehead atoms. The molecular weight excluding hydrogens is 542 g/mol. The number of carbonyl (C=O) groups is 1. The topological polar surface area (TPSA) is 124 Å². The lowest BCUT2D eigenvalue weighted by atomic mass is 9.88. The fourth-order valence-electron chi connectivity index (χ4n) is 5.11. The first-order valence-corrected chi connectivity index (χ1v) is 15.1. The molecule has 1 saturated heterocycles. The zero-order valence-corrected chi connectivity index (χ0v) is 23.8. The SMILES string of the molecule is CN(CC1(C)COC1)c1cccc(-c2ccc3cnc(CNC(=O)c4ccc5c(c4)S(=O)(=O)CCOC5)cc3n2)n1. The van der Waals surface area contributed by atoms with Crippen molar-refractivity contribution in [1.82, 2.24) is 20.3 Å². The average Bonchev–Trinajstić information content (AvgIpc) is 3.11. The number of rotatable bonds is 7. The largest absolute Gasteiger partial charge is 0.380 e. The zero-order valence-electron chi connectivity index (χ0n) is 23.0. The van der Waals surface area contributed by atoms with Crippen LogP contribution >= 0.6 is 0 Å². The van der Waals surface area contributed by atoms with E-state index in [1.54, 1.807) is 18.3 Å². The molecule has 1 fully saturated rings. The molecule has 2 aliphatic heterocycles. The summed E-state index contributed by atoms with van der Waals surface area (Å²) in [6.45, 7) is 5.08. The molecule has 1 amide bonds. The molecule has 0 spiro atoms. The zero-order chi connectivity index (χ0) is 28.6. The maximum atomic E-state index is 12.9. The number of hydrogen-bond acceptors (Lipinski definition) is 9. The Kier molecular flexibility index (Phi) is 7.18. The molecule has 0 unspecified atom stereocenters. The Hall–Kier alpha value is -3.93. The Morgan fingerprint density at radius 2 is 1.88 bits per heavy atom. The summed E-state index contributed by atoms with van der Waals surface area (Å²) >= 11 is 0. The van der Waals surface area contributed by atoms with E-state index in [2.05, 4.69) is 22.1 Å². The minimum atomic E-state index is -3.51. The highest BCUT2D eigenvalue weighted by atomic mass is 32.2. The minimum Gasteiger partial charge on any atom is -0.380 e. The quantitative estimate of drug-likeness (QED) is 0.354. The van der Waals surface area contributed by atoms with Crippen LogP contribution in [0.15, 0.2) is 65.7 Å². The lowest BCUT2D eigenvalue weighted by molar-refractivity contribution is -0.0952. The molecule has 11 heteroatoms. The number of nitrogens with one attached hydrogen (secondary N) is 1. The summed E-state index contributed by atoms with van der Waals surface area (Å²) in [6, 6.07) is 16.3. The maximum absolute atomic E-state index is 12.9. The highest BCUT2D eigenvalue weighted by Gasteiger charge is 2.34. The third-order valence-corrected chi connectivity index (χ3v) is 9.14. The predicted octanol–water partition coefficient (Wildman–Crippen LogP) is 3.40. The molecule has 0 saturated carbocycles. The van der Waals surface area contributed by atoms with Gasteiger partial charge >= 0.3 is 0 Å². The van der Waals surface area contributed by atoms with E-state index in [0.717, 1.165) is 47.9 Å². The maximum Gasteiger partial charge on any atom is 0.251 e. The molecule has 10 nitrogen and oxygen atoms in total. The Balaban J connectivity index is 1.18. The van der Waals surface area contributed by atoms with Gasteiger partial charge in [-0.1, -0.05) is 19.1 Å². The van der Waals surface area contributed by atoms with Crippen molar-refractivity contribution in [2.45, 2.75) is 25.0 Å². The van der Waals surface area contributed by atoms with Gasteiger partial charge in [0.05, 0.1) is 66.2 Å². The third kappa shape index (κ3) is 5.79. The molecule has 5 heterocycles. The second-order valence-corrected chi connectivity index (χ2v) is 13.1. The number of hydrogen-bond donors (Lipinski definition) is 1. The van der Waals surface area contributed by atoms with E-state index in [4.69, 9.17) is 19.4 Å². The minimum absolute atomic E-state index is 0.105. The lowest BCUT2D eigenvalue weighted by Gasteiger charge is -2.41. The number of nitrogens with zero attached hydrogens (tertiary/aromatic N) is 4. The summed E-state index contributed by atoms with van der Waals surface area (Å²) in [4.78, 5) is 29.3. The van der Waals surface area contributed by atoms with Gasteiger partial charge in [0, 0.05) is 36.2 Å². The van der Waals surface area contributed by atoms with E-state index < -0.39 is 9.84 Å². The summed E-state index contributed by atoms with van der Waals surface area (Å²) < 4.78 is 35.9. The molecule has 4 aromatic rings.